The van der Waals surface area contributed by atoms with Crippen LogP contribution >= 0.6 is 0 Å². The van der Waals surface area contributed by atoms with Crippen LogP contribution in [0.25, 0.3) is 0 Å². The number of aromatic nitrogens is 2. The highest BCUT2D eigenvalue weighted by Gasteiger charge is 2.64. The molecule has 3 heterocycles. The van der Waals surface area contributed by atoms with Crippen molar-refractivity contribution in [1.29, 1.82) is 0 Å². The molecule has 0 N–H and O–H groups in total. The molecule has 1 aromatic rings. The summed E-state index contributed by atoms with van der Waals surface area (Å²) >= 11 is 0. The van der Waals surface area contributed by atoms with Gasteiger partial charge < -0.3 is 9.64 Å². The third-order valence-corrected chi connectivity index (χ3v) is 8.62. The van der Waals surface area contributed by atoms with E-state index in [0.717, 1.165) is 5.69 Å². The molecule has 4 rings (SSSR count). The highest BCUT2D eigenvalue weighted by atomic mass is 32.2. The van der Waals surface area contributed by atoms with Gasteiger partial charge in [-0.1, -0.05) is 0 Å². The summed E-state index contributed by atoms with van der Waals surface area (Å²) in [7, 11) is -3.35. The Morgan fingerprint density at radius 2 is 2.15 bits per heavy atom. The molecule has 2 aliphatic heterocycles. The Morgan fingerprint density at radius 3 is 2.77 bits per heavy atom. The van der Waals surface area contributed by atoms with E-state index in [1.807, 2.05) is 6.92 Å². The van der Waals surface area contributed by atoms with Crippen molar-refractivity contribution >= 4 is 15.7 Å². The van der Waals surface area contributed by atoms with Crippen LogP contribution in [0.3, 0.4) is 0 Å². The Labute approximate surface area is 151 Å². The summed E-state index contributed by atoms with van der Waals surface area (Å²) in [5.74, 6) is -0.742. The number of ether oxygens (including phenoxy) is 1. The number of aryl methyl sites for hydroxylation is 1. The second-order valence-corrected chi connectivity index (χ2v) is 10.1. The molecule has 142 valence electrons. The fraction of sp³-hybridized carbons (Fsp3) is 0.706. The number of halogens is 1. The van der Waals surface area contributed by atoms with Crippen LogP contribution in [0.1, 0.15) is 31.4 Å². The summed E-state index contributed by atoms with van der Waals surface area (Å²) < 4.78 is 44.2. The smallest absolute Gasteiger partial charge is 0.316 e. The van der Waals surface area contributed by atoms with E-state index in [4.69, 9.17) is 4.74 Å². The molecule has 0 aromatic carbocycles. The third kappa shape index (κ3) is 2.59. The van der Waals surface area contributed by atoms with Crippen LogP contribution in [0.15, 0.2) is 12.3 Å². The fourth-order valence-corrected chi connectivity index (χ4v) is 6.51. The summed E-state index contributed by atoms with van der Waals surface area (Å²) in [5.41, 5.74) is -1.02. The molecule has 1 saturated carbocycles. The number of rotatable bonds is 4. The molecule has 1 aliphatic carbocycles. The first-order chi connectivity index (χ1) is 12.3. The van der Waals surface area contributed by atoms with Gasteiger partial charge in [0.05, 0.1) is 12.4 Å². The molecule has 3 fully saturated rings. The van der Waals surface area contributed by atoms with Crippen molar-refractivity contribution in [2.45, 2.75) is 43.0 Å². The number of hydrogen-bond acceptors (Lipinski definition) is 6. The first-order valence-corrected chi connectivity index (χ1v) is 10.5. The summed E-state index contributed by atoms with van der Waals surface area (Å²) in [5, 5.41) is 0. The van der Waals surface area contributed by atoms with Gasteiger partial charge in [-0.15, -0.1) is 0 Å². The lowest BCUT2D eigenvalue weighted by Crippen LogP contribution is -2.71. The minimum Gasteiger partial charge on any atom is -0.463 e. The van der Waals surface area contributed by atoms with Crippen molar-refractivity contribution in [3.8, 4) is 6.01 Å². The number of amides is 1. The summed E-state index contributed by atoms with van der Waals surface area (Å²) in [6.45, 7) is 2.11. The number of likely N-dealkylation sites (tertiary alicyclic amines) is 1. The minimum atomic E-state index is -3.35. The molecule has 9 heteroatoms. The van der Waals surface area contributed by atoms with Crippen molar-refractivity contribution in [2.24, 2.45) is 5.92 Å². The second kappa shape index (κ2) is 5.87. The molecule has 0 unspecified atom stereocenters. The standard InChI is InChI=1S/C17H22FN3O4S/c1-12-3-7-19-15(20-12)25-9-13-4-8-26(23,24)17(13)10-21(11-17)14(22)16(18)5-2-6-16/h3,7,13H,2,4-6,8-11H2,1H3/t13-/m1/s1. The lowest BCUT2D eigenvalue weighted by molar-refractivity contribution is -0.156. The molecular formula is C17H22FN3O4S. The van der Waals surface area contributed by atoms with Crippen molar-refractivity contribution in [2.75, 3.05) is 25.4 Å². The predicted molar refractivity (Wildman–Crippen MR) is 91.2 cm³/mol. The van der Waals surface area contributed by atoms with E-state index in [0.29, 0.717) is 12.8 Å². The molecule has 2 saturated heterocycles. The van der Waals surface area contributed by atoms with Gasteiger partial charge in [-0.05, 0) is 38.7 Å². The Bertz CT molecular complexity index is 834. The zero-order chi connectivity index (χ0) is 18.6. The number of carbonyl (C=O) groups excluding carboxylic acids is 1. The van der Waals surface area contributed by atoms with Gasteiger partial charge in [0.25, 0.3) is 5.91 Å². The molecule has 0 bridgehead atoms. The lowest BCUT2D eigenvalue weighted by atomic mass is 9.77. The van der Waals surface area contributed by atoms with Gasteiger partial charge in [0.15, 0.2) is 15.5 Å². The van der Waals surface area contributed by atoms with Crippen molar-refractivity contribution in [1.82, 2.24) is 14.9 Å². The van der Waals surface area contributed by atoms with Crippen LogP contribution in [0.5, 0.6) is 6.01 Å². The Morgan fingerprint density at radius 1 is 1.42 bits per heavy atom. The van der Waals surface area contributed by atoms with E-state index in [1.54, 1.807) is 12.3 Å². The molecule has 26 heavy (non-hydrogen) atoms. The van der Waals surface area contributed by atoms with Crippen LogP contribution in [0.4, 0.5) is 4.39 Å². The van der Waals surface area contributed by atoms with Gasteiger partial charge in [-0.3, -0.25) is 4.79 Å². The van der Waals surface area contributed by atoms with Crippen LogP contribution in [0.2, 0.25) is 0 Å². The number of hydrogen-bond donors (Lipinski definition) is 0. The van der Waals surface area contributed by atoms with Gasteiger partial charge in [0, 0.05) is 30.9 Å². The lowest BCUT2D eigenvalue weighted by Gasteiger charge is -2.52. The Hall–Kier alpha value is -1.77. The molecule has 1 amide bonds. The van der Waals surface area contributed by atoms with Crippen LogP contribution in [-0.2, 0) is 14.6 Å². The molecule has 1 atom stereocenters. The maximum atomic E-state index is 14.4. The van der Waals surface area contributed by atoms with E-state index >= 15 is 0 Å². The highest BCUT2D eigenvalue weighted by molar-refractivity contribution is 7.93. The SMILES string of the molecule is Cc1ccnc(OC[C@H]2CCS(=O)(=O)C23CN(C(=O)C2(F)CCC2)C3)n1. The van der Waals surface area contributed by atoms with Crippen molar-refractivity contribution in [3.05, 3.63) is 18.0 Å². The molecule has 1 aromatic heterocycles. The van der Waals surface area contributed by atoms with Gasteiger partial charge in [-0.25, -0.2) is 22.8 Å². The average molecular weight is 383 g/mol. The number of carbonyl (C=O) groups is 1. The zero-order valence-corrected chi connectivity index (χ0v) is 15.5. The Balaban J connectivity index is 1.46. The first kappa shape index (κ1) is 17.6. The normalized spacial score (nSPS) is 27.6. The summed E-state index contributed by atoms with van der Waals surface area (Å²) in [6.07, 6.45) is 3.23. The molecule has 1 spiro atoms. The second-order valence-electron chi connectivity index (χ2n) is 7.64. The van der Waals surface area contributed by atoms with Crippen LogP contribution < -0.4 is 4.74 Å². The summed E-state index contributed by atoms with van der Waals surface area (Å²) in [4.78, 5) is 21.9. The van der Waals surface area contributed by atoms with Gasteiger partial charge in [0.2, 0.25) is 0 Å². The van der Waals surface area contributed by atoms with E-state index in [2.05, 4.69) is 9.97 Å². The molecule has 7 nitrogen and oxygen atoms in total. The van der Waals surface area contributed by atoms with E-state index < -0.39 is 26.2 Å². The maximum Gasteiger partial charge on any atom is 0.316 e. The molecule has 3 aliphatic rings. The zero-order valence-electron chi connectivity index (χ0n) is 14.6. The topological polar surface area (TPSA) is 89.5 Å². The van der Waals surface area contributed by atoms with Gasteiger partial charge in [0.1, 0.15) is 4.75 Å². The van der Waals surface area contributed by atoms with Crippen LogP contribution in [0, 0.1) is 12.8 Å². The number of nitrogens with zero attached hydrogens (tertiary/aromatic N) is 3. The van der Waals surface area contributed by atoms with E-state index in [9.17, 15) is 17.6 Å². The van der Waals surface area contributed by atoms with Gasteiger partial charge in [-0.2, -0.15) is 0 Å². The average Bonchev–Trinajstić information content (AvgIpc) is 2.79. The summed E-state index contributed by atoms with van der Waals surface area (Å²) in [6, 6.07) is 1.96. The fourth-order valence-electron chi connectivity index (χ4n) is 4.11. The Kier molecular flexibility index (Phi) is 3.98. The van der Waals surface area contributed by atoms with Crippen LogP contribution in [-0.4, -0.2) is 65.1 Å². The quantitative estimate of drug-likeness (QED) is 0.773. The molecular weight excluding hydrogens is 361 g/mol. The largest absolute Gasteiger partial charge is 0.463 e. The third-order valence-electron chi connectivity index (χ3n) is 6.02. The minimum absolute atomic E-state index is 0.0581. The van der Waals surface area contributed by atoms with E-state index in [1.165, 1.54) is 4.90 Å². The maximum absolute atomic E-state index is 14.4. The van der Waals surface area contributed by atoms with Gasteiger partial charge >= 0.3 is 6.01 Å². The van der Waals surface area contributed by atoms with E-state index in [-0.39, 0.29) is 50.2 Å². The van der Waals surface area contributed by atoms with Crippen molar-refractivity contribution < 1.29 is 22.3 Å². The highest BCUT2D eigenvalue weighted by Crippen LogP contribution is 2.47. The number of alkyl halides is 1. The molecule has 0 radical (unpaired) electrons. The van der Waals surface area contributed by atoms with Crippen molar-refractivity contribution in [3.63, 3.8) is 0 Å². The monoisotopic (exact) mass is 383 g/mol. The number of sulfone groups is 1. The first-order valence-electron chi connectivity index (χ1n) is 8.89. The predicted octanol–water partition coefficient (Wildman–Crippen LogP) is 1.07.